The minimum absolute atomic E-state index is 0.0221. The second kappa shape index (κ2) is 9.44. The quantitative estimate of drug-likeness (QED) is 0.390. The molecule has 1 aromatic heterocycles. The van der Waals surface area contributed by atoms with Gasteiger partial charge in [-0.2, -0.15) is 4.98 Å². The van der Waals surface area contributed by atoms with Crippen LogP contribution in [0, 0.1) is 6.92 Å². The van der Waals surface area contributed by atoms with Gasteiger partial charge < -0.3 is 18.7 Å². The fourth-order valence-corrected chi connectivity index (χ4v) is 4.40. The second-order valence-corrected chi connectivity index (χ2v) is 9.02. The highest BCUT2D eigenvalue weighted by Gasteiger charge is 2.20. The van der Waals surface area contributed by atoms with Gasteiger partial charge in [0.1, 0.15) is 0 Å². The SMILES string of the molecule is COc1cc(NS(=O)(=O)c2cccc(-c3nc(-c4ccc(C)cc4)no3)c2)cc(OC)c1OC. The van der Waals surface area contributed by atoms with E-state index < -0.39 is 10.0 Å². The Morgan fingerprint density at radius 3 is 2.15 bits per heavy atom. The molecule has 0 unspecified atom stereocenters. The lowest BCUT2D eigenvalue weighted by Crippen LogP contribution is -2.13. The maximum absolute atomic E-state index is 13.1. The molecule has 176 valence electrons. The van der Waals surface area contributed by atoms with Crippen LogP contribution < -0.4 is 18.9 Å². The zero-order chi connectivity index (χ0) is 24.3. The second-order valence-electron chi connectivity index (χ2n) is 7.34. The number of rotatable bonds is 8. The number of nitrogens with one attached hydrogen (secondary N) is 1. The van der Waals surface area contributed by atoms with Crippen molar-refractivity contribution in [1.29, 1.82) is 0 Å². The summed E-state index contributed by atoms with van der Waals surface area (Å²) >= 11 is 0. The number of aromatic nitrogens is 2. The van der Waals surface area contributed by atoms with Crippen molar-refractivity contribution in [1.82, 2.24) is 10.1 Å². The lowest BCUT2D eigenvalue weighted by Gasteiger charge is -2.15. The van der Waals surface area contributed by atoms with Crippen molar-refractivity contribution in [2.24, 2.45) is 0 Å². The van der Waals surface area contributed by atoms with Crippen LogP contribution in [0.2, 0.25) is 0 Å². The molecular formula is C24H23N3O6S. The molecule has 0 aliphatic rings. The Morgan fingerprint density at radius 2 is 1.53 bits per heavy atom. The molecule has 10 heteroatoms. The molecule has 34 heavy (non-hydrogen) atoms. The molecule has 0 aliphatic heterocycles. The summed E-state index contributed by atoms with van der Waals surface area (Å²) in [5.74, 6) is 1.63. The standard InChI is InChI=1S/C24H23N3O6S/c1-15-8-10-16(11-9-15)23-25-24(33-26-23)17-6-5-7-19(12-17)34(28,29)27-18-13-20(30-2)22(32-4)21(14-18)31-3/h5-14,27H,1-4H3. The van der Waals surface area contributed by atoms with Crippen LogP contribution in [-0.4, -0.2) is 39.9 Å². The Kier molecular flexibility index (Phi) is 6.42. The van der Waals surface area contributed by atoms with Crippen LogP contribution in [0.1, 0.15) is 5.56 Å². The van der Waals surface area contributed by atoms with Crippen molar-refractivity contribution >= 4 is 15.7 Å². The molecule has 0 bridgehead atoms. The summed E-state index contributed by atoms with van der Waals surface area (Å²) in [5, 5.41) is 4.02. The van der Waals surface area contributed by atoms with Gasteiger partial charge >= 0.3 is 0 Å². The average molecular weight is 482 g/mol. The molecule has 3 aromatic carbocycles. The van der Waals surface area contributed by atoms with Gasteiger partial charge in [0, 0.05) is 23.3 Å². The first-order valence-corrected chi connectivity index (χ1v) is 11.7. The van der Waals surface area contributed by atoms with E-state index in [1.54, 1.807) is 12.1 Å². The number of sulfonamides is 1. The summed E-state index contributed by atoms with van der Waals surface area (Å²) in [7, 11) is 0.420. The summed E-state index contributed by atoms with van der Waals surface area (Å²) < 4.78 is 50.0. The molecular weight excluding hydrogens is 458 g/mol. The fraction of sp³-hybridized carbons (Fsp3) is 0.167. The van der Waals surface area contributed by atoms with Crippen molar-refractivity contribution in [3.63, 3.8) is 0 Å². The molecule has 0 fully saturated rings. The van der Waals surface area contributed by atoms with E-state index in [2.05, 4.69) is 14.9 Å². The van der Waals surface area contributed by atoms with Crippen LogP contribution in [0.25, 0.3) is 22.8 Å². The van der Waals surface area contributed by atoms with Crippen LogP contribution in [-0.2, 0) is 10.0 Å². The van der Waals surface area contributed by atoms with Crippen molar-refractivity contribution < 1.29 is 27.2 Å². The predicted octanol–water partition coefficient (Wildman–Crippen LogP) is 4.54. The third-order valence-electron chi connectivity index (χ3n) is 5.04. The topological polar surface area (TPSA) is 113 Å². The third kappa shape index (κ3) is 4.67. The lowest BCUT2D eigenvalue weighted by molar-refractivity contribution is 0.325. The monoisotopic (exact) mass is 481 g/mol. The van der Waals surface area contributed by atoms with Crippen LogP contribution in [0.15, 0.2) is 70.1 Å². The summed E-state index contributed by atoms with van der Waals surface area (Å²) in [6, 6.07) is 17.0. The molecule has 0 saturated carbocycles. The smallest absolute Gasteiger partial charge is 0.261 e. The lowest BCUT2D eigenvalue weighted by atomic mass is 10.1. The van der Waals surface area contributed by atoms with Gasteiger partial charge in [-0.15, -0.1) is 0 Å². The Balaban J connectivity index is 1.63. The maximum Gasteiger partial charge on any atom is 0.261 e. The molecule has 1 N–H and O–H groups in total. The fourth-order valence-electron chi connectivity index (χ4n) is 3.31. The molecule has 0 amide bonds. The van der Waals surface area contributed by atoms with E-state index >= 15 is 0 Å². The molecule has 9 nitrogen and oxygen atoms in total. The maximum atomic E-state index is 13.1. The van der Waals surface area contributed by atoms with Gasteiger partial charge in [0.2, 0.25) is 11.6 Å². The van der Waals surface area contributed by atoms with Crippen LogP contribution in [0.4, 0.5) is 5.69 Å². The van der Waals surface area contributed by atoms with E-state index in [4.69, 9.17) is 18.7 Å². The van der Waals surface area contributed by atoms with E-state index in [0.29, 0.717) is 28.6 Å². The summed E-state index contributed by atoms with van der Waals surface area (Å²) in [5.41, 5.74) is 2.64. The molecule has 1 heterocycles. The van der Waals surface area contributed by atoms with E-state index in [9.17, 15) is 8.42 Å². The Morgan fingerprint density at radius 1 is 0.853 bits per heavy atom. The van der Waals surface area contributed by atoms with Crippen molar-refractivity contribution in [3.8, 4) is 40.1 Å². The minimum atomic E-state index is -3.96. The zero-order valence-electron chi connectivity index (χ0n) is 19.0. The molecule has 0 spiro atoms. The van der Waals surface area contributed by atoms with Crippen LogP contribution in [0.3, 0.4) is 0 Å². The average Bonchev–Trinajstić information content (AvgIpc) is 3.34. The Labute approximate surface area is 197 Å². The molecule has 0 saturated heterocycles. The molecule has 0 radical (unpaired) electrons. The van der Waals surface area contributed by atoms with Gasteiger partial charge in [-0.25, -0.2) is 8.42 Å². The molecule has 0 aliphatic carbocycles. The number of hydrogen-bond donors (Lipinski definition) is 1. The Hall–Kier alpha value is -4.05. The number of ether oxygens (including phenoxy) is 3. The predicted molar refractivity (Wildman–Crippen MR) is 127 cm³/mol. The van der Waals surface area contributed by atoms with Crippen LogP contribution >= 0.6 is 0 Å². The highest BCUT2D eigenvalue weighted by molar-refractivity contribution is 7.92. The van der Waals surface area contributed by atoms with Crippen molar-refractivity contribution in [2.45, 2.75) is 11.8 Å². The largest absolute Gasteiger partial charge is 0.493 e. The Bertz CT molecular complexity index is 1390. The van der Waals surface area contributed by atoms with E-state index in [1.807, 2.05) is 31.2 Å². The highest BCUT2D eigenvalue weighted by Crippen LogP contribution is 2.40. The van der Waals surface area contributed by atoms with Crippen LogP contribution in [0.5, 0.6) is 17.2 Å². The molecule has 0 atom stereocenters. The minimum Gasteiger partial charge on any atom is -0.493 e. The van der Waals surface area contributed by atoms with E-state index in [0.717, 1.165) is 11.1 Å². The van der Waals surface area contributed by atoms with Crippen molar-refractivity contribution in [3.05, 3.63) is 66.2 Å². The summed E-state index contributed by atoms with van der Waals surface area (Å²) in [6.45, 7) is 1.99. The molecule has 4 rings (SSSR count). The van der Waals surface area contributed by atoms with E-state index in [1.165, 1.54) is 45.6 Å². The molecule has 4 aromatic rings. The number of hydrogen-bond acceptors (Lipinski definition) is 8. The van der Waals surface area contributed by atoms with Gasteiger partial charge in [-0.3, -0.25) is 4.72 Å². The summed E-state index contributed by atoms with van der Waals surface area (Å²) in [4.78, 5) is 4.43. The number of anilines is 1. The first-order chi connectivity index (χ1) is 16.3. The van der Waals surface area contributed by atoms with Gasteiger partial charge in [0.15, 0.2) is 11.5 Å². The summed E-state index contributed by atoms with van der Waals surface area (Å²) in [6.07, 6.45) is 0. The van der Waals surface area contributed by atoms with E-state index in [-0.39, 0.29) is 16.5 Å². The zero-order valence-corrected chi connectivity index (χ0v) is 19.8. The van der Waals surface area contributed by atoms with Gasteiger partial charge in [0.25, 0.3) is 15.9 Å². The van der Waals surface area contributed by atoms with Crippen molar-refractivity contribution in [2.75, 3.05) is 26.1 Å². The normalized spacial score (nSPS) is 11.2. The third-order valence-corrected chi connectivity index (χ3v) is 6.42. The van der Waals surface area contributed by atoms with Gasteiger partial charge in [-0.1, -0.05) is 41.1 Å². The van der Waals surface area contributed by atoms with Gasteiger partial charge in [0.05, 0.1) is 31.9 Å². The number of aryl methyl sites for hydroxylation is 1. The number of nitrogens with zero attached hydrogens (tertiary/aromatic N) is 2. The highest BCUT2D eigenvalue weighted by atomic mass is 32.2. The number of methoxy groups -OCH3 is 3. The number of benzene rings is 3. The first-order valence-electron chi connectivity index (χ1n) is 10.2. The first kappa shape index (κ1) is 23.1. The van der Waals surface area contributed by atoms with Gasteiger partial charge in [-0.05, 0) is 25.1 Å².